The third-order valence-corrected chi connectivity index (χ3v) is 10.2. The maximum absolute atomic E-state index is 9.57. The average Bonchev–Trinajstić information content (AvgIpc) is 2.90. The summed E-state index contributed by atoms with van der Waals surface area (Å²) < 4.78 is 10.9. The highest BCUT2D eigenvalue weighted by molar-refractivity contribution is 5.39. The SMILES string of the molecule is COCC1CCC(Cc2cc(CC3CCC(CO)CC3)c(C)c(CC3CCC(COC)CC3)c2)CC1. The van der Waals surface area contributed by atoms with E-state index < -0.39 is 0 Å². The molecule has 0 saturated heterocycles. The zero-order chi connectivity index (χ0) is 25.3. The molecule has 1 N–H and O–H groups in total. The molecule has 0 atom stereocenters. The van der Waals surface area contributed by atoms with E-state index in [0.717, 1.165) is 42.8 Å². The van der Waals surface area contributed by atoms with E-state index in [0.29, 0.717) is 12.5 Å². The van der Waals surface area contributed by atoms with Crippen molar-refractivity contribution in [2.24, 2.45) is 35.5 Å². The third kappa shape index (κ3) is 8.05. The lowest BCUT2D eigenvalue weighted by Gasteiger charge is -2.31. The zero-order valence-corrected chi connectivity index (χ0v) is 23.6. The van der Waals surface area contributed by atoms with Crippen molar-refractivity contribution in [2.75, 3.05) is 34.0 Å². The van der Waals surface area contributed by atoms with E-state index in [-0.39, 0.29) is 0 Å². The number of benzene rings is 1. The van der Waals surface area contributed by atoms with Crippen LogP contribution in [0.4, 0.5) is 0 Å². The number of aliphatic hydroxyl groups excluding tert-OH is 1. The van der Waals surface area contributed by atoms with Crippen LogP contribution in [-0.2, 0) is 28.7 Å². The number of hydrogen-bond donors (Lipinski definition) is 1. The van der Waals surface area contributed by atoms with E-state index in [1.54, 1.807) is 22.3 Å². The first-order valence-electron chi connectivity index (χ1n) is 15.3. The largest absolute Gasteiger partial charge is 0.396 e. The van der Waals surface area contributed by atoms with E-state index in [2.05, 4.69) is 19.1 Å². The molecular weight excluding hydrogens is 444 g/mol. The molecule has 3 saturated carbocycles. The van der Waals surface area contributed by atoms with E-state index in [9.17, 15) is 5.11 Å². The maximum atomic E-state index is 9.57. The number of rotatable bonds is 11. The Hall–Kier alpha value is -0.900. The fourth-order valence-corrected chi connectivity index (χ4v) is 7.70. The number of ether oxygens (including phenoxy) is 2. The second-order valence-corrected chi connectivity index (χ2v) is 12.9. The second-order valence-electron chi connectivity index (χ2n) is 12.9. The molecule has 0 spiro atoms. The van der Waals surface area contributed by atoms with Gasteiger partial charge in [-0.3, -0.25) is 0 Å². The van der Waals surface area contributed by atoms with Crippen molar-refractivity contribution in [3.05, 3.63) is 34.4 Å². The van der Waals surface area contributed by atoms with Gasteiger partial charge in [-0.15, -0.1) is 0 Å². The van der Waals surface area contributed by atoms with Gasteiger partial charge >= 0.3 is 0 Å². The first-order valence-corrected chi connectivity index (χ1v) is 15.3. The maximum Gasteiger partial charge on any atom is 0.0490 e. The molecule has 3 aliphatic carbocycles. The van der Waals surface area contributed by atoms with Gasteiger partial charge in [0.15, 0.2) is 0 Å². The van der Waals surface area contributed by atoms with E-state index in [4.69, 9.17) is 9.47 Å². The van der Waals surface area contributed by atoms with Crippen molar-refractivity contribution < 1.29 is 14.6 Å². The zero-order valence-electron chi connectivity index (χ0n) is 23.6. The molecule has 3 nitrogen and oxygen atoms in total. The Kier molecular flexibility index (Phi) is 11.2. The normalized spacial score (nSPS) is 31.4. The fraction of sp³-hybridized carbons (Fsp3) is 0.818. The smallest absolute Gasteiger partial charge is 0.0490 e. The van der Waals surface area contributed by atoms with Gasteiger partial charge in [-0.25, -0.2) is 0 Å². The van der Waals surface area contributed by atoms with E-state index >= 15 is 0 Å². The van der Waals surface area contributed by atoms with Crippen LogP contribution in [-0.4, -0.2) is 39.1 Å². The standard InChI is InChI=1S/C33H54O3/c1-24-32(17-26-4-10-28(21-34)11-5-26)19-31(16-25-6-12-29(13-7-25)22-35-2)20-33(24)18-27-8-14-30(15-9-27)23-36-3/h19-20,25-30,34H,4-18,21-23H2,1-3H3. The summed E-state index contributed by atoms with van der Waals surface area (Å²) in [4.78, 5) is 0. The quantitative estimate of drug-likeness (QED) is 0.347. The summed E-state index contributed by atoms with van der Waals surface area (Å²) in [5.74, 6) is 4.57. The molecule has 0 aromatic heterocycles. The lowest BCUT2D eigenvalue weighted by molar-refractivity contribution is 0.119. The van der Waals surface area contributed by atoms with Gasteiger partial charge in [-0.1, -0.05) is 12.1 Å². The minimum absolute atomic E-state index is 0.380. The Morgan fingerprint density at radius 3 is 1.33 bits per heavy atom. The average molecular weight is 499 g/mol. The molecule has 1 aromatic carbocycles. The molecule has 0 bridgehead atoms. The topological polar surface area (TPSA) is 38.7 Å². The van der Waals surface area contributed by atoms with Gasteiger partial charge in [0.05, 0.1) is 0 Å². The van der Waals surface area contributed by atoms with Gasteiger partial charge in [-0.05, 0) is 161 Å². The molecule has 0 heterocycles. The van der Waals surface area contributed by atoms with Crippen molar-refractivity contribution in [2.45, 2.75) is 103 Å². The highest BCUT2D eigenvalue weighted by Crippen LogP contribution is 2.37. The van der Waals surface area contributed by atoms with Crippen LogP contribution in [0.2, 0.25) is 0 Å². The minimum atomic E-state index is 0.380. The van der Waals surface area contributed by atoms with Crippen LogP contribution in [0, 0.1) is 42.4 Å². The van der Waals surface area contributed by atoms with Gasteiger partial charge in [0, 0.05) is 34.0 Å². The van der Waals surface area contributed by atoms with Crippen molar-refractivity contribution in [3.63, 3.8) is 0 Å². The summed E-state index contributed by atoms with van der Waals surface area (Å²) in [5, 5.41) is 9.57. The van der Waals surface area contributed by atoms with Gasteiger partial charge in [-0.2, -0.15) is 0 Å². The summed E-state index contributed by atoms with van der Waals surface area (Å²) in [7, 11) is 3.70. The third-order valence-electron chi connectivity index (χ3n) is 10.2. The predicted octanol–water partition coefficient (Wildman–Crippen LogP) is 7.33. The summed E-state index contributed by atoms with van der Waals surface area (Å²) in [6.45, 7) is 4.68. The molecule has 1 aromatic rings. The molecule has 36 heavy (non-hydrogen) atoms. The van der Waals surface area contributed by atoms with Crippen molar-refractivity contribution >= 4 is 0 Å². The predicted molar refractivity (Wildman–Crippen MR) is 149 cm³/mol. The van der Waals surface area contributed by atoms with Crippen LogP contribution in [0.25, 0.3) is 0 Å². The molecule has 0 radical (unpaired) electrons. The van der Waals surface area contributed by atoms with Crippen LogP contribution in [0.15, 0.2) is 12.1 Å². The van der Waals surface area contributed by atoms with Crippen LogP contribution in [0.5, 0.6) is 0 Å². The molecule has 3 heteroatoms. The van der Waals surface area contributed by atoms with Crippen LogP contribution >= 0.6 is 0 Å². The van der Waals surface area contributed by atoms with Gasteiger partial charge < -0.3 is 14.6 Å². The highest BCUT2D eigenvalue weighted by atomic mass is 16.5. The van der Waals surface area contributed by atoms with Crippen molar-refractivity contribution in [3.8, 4) is 0 Å². The Bertz CT molecular complexity index is 765. The molecule has 0 unspecified atom stereocenters. The molecule has 4 rings (SSSR count). The molecule has 0 aliphatic heterocycles. The first-order chi connectivity index (χ1) is 17.6. The summed E-state index contributed by atoms with van der Waals surface area (Å²) in [6, 6.07) is 5.22. The summed E-state index contributed by atoms with van der Waals surface area (Å²) >= 11 is 0. The molecule has 3 aliphatic rings. The van der Waals surface area contributed by atoms with E-state index in [1.807, 2.05) is 14.2 Å². The number of methoxy groups -OCH3 is 2. The Morgan fingerprint density at radius 2 is 0.944 bits per heavy atom. The summed E-state index contributed by atoms with van der Waals surface area (Å²) in [5.41, 5.74) is 6.48. The van der Waals surface area contributed by atoms with Crippen LogP contribution in [0.3, 0.4) is 0 Å². The van der Waals surface area contributed by atoms with Gasteiger partial charge in [0.25, 0.3) is 0 Å². The summed E-state index contributed by atoms with van der Waals surface area (Å²) in [6.07, 6.45) is 19.6. The molecule has 3 fully saturated rings. The van der Waals surface area contributed by atoms with Gasteiger partial charge in [0.2, 0.25) is 0 Å². The Balaban J connectivity index is 1.44. The van der Waals surface area contributed by atoms with Gasteiger partial charge in [0.1, 0.15) is 0 Å². The monoisotopic (exact) mass is 498 g/mol. The van der Waals surface area contributed by atoms with Crippen molar-refractivity contribution in [1.82, 2.24) is 0 Å². The highest BCUT2D eigenvalue weighted by Gasteiger charge is 2.26. The Labute approximate surface area is 221 Å². The Morgan fingerprint density at radius 1 is 0.583 bits per heavy atom. The second kappa shape index (κ2) is 14.3. The lowest BCUT2D eigenvalue weighted by atomic mass is 9.75. The number of hydrogen-bond acceptors (Lipinski definition) is 3. The minimum Gasteiger partial charge on any atom is -0.396 e. The first kappa shape index (κ1) is 28.1. The lowest BCUT2D eigenvalue weighted by Crippen LogP contribution is -2.21. The van der Waals surface area contributed by atoms with E-state index in [1.165, 1.54) is 96.3 Å². The molecule has 204 valence electrons. The van der Waals surface area contributed by atoms with Crippen LogP contribution in [0.1, 0.15) is 99.3 Å². The van der Waals surface area contributed by atoms with Crippen LogP contribution < -0.4 is 0 Å². The fourth-order valence-electron chi connectivity index (χ4n) is 7.70. The molecule has 0 amide bonds. The van der Waals surface area contributed by atoms with Crippen molar-refractivity contribution in [1.29, 1.82) is 0 Å². The molecular formula is C33H54O3. The number of aliphatic hydroxyl groups is 1.